The average Bonchev–Trinajstić information content (AvgIpc) is 3.05. The van der Waals surface area contributed by atoms with Gasteiger partial charge < -0.3 is 15.1 Å². The van der Waals surface area contributed by atoms with Crippen LogP contribution in [0.3, 0.4) is 0 Å². The Hall–Kier alpha value is -1.64. The summed E-state index contributed by atoms with van der Waals surface area (Å²) >= 11 is 1.10. The first-order valence-corrected chi connectivity index (χ1v) is 10.3. The van der Waals surface area contributed by atoms with Crippen molar-refractivity contribution in [1.29, 1.82) is 0 Å². The van der Waals surface area contributed by atoms with E-state index in [1.165, 1.54) is 6.07 Å². The van der Waals surface area contributed by atoms with Crippen molar-refractivity contribution in [3.05, 3.63) is 23.8 Å². The Kier molecular flexibility index (Phi) is 6.73. The van der Waals surface area contributed by atoms with Gasteiger partial charge in [0.05, 0.1) is 10.6 Å². The van der Waals surface area contributed by atoms with E-state index in [0.29, 0.717) is 9.83 Å². The number of fused-ring (bicyclic) bond motifs is 1. The molecule has 1 atom stereocenters. The van der Waals surface area contributed by atoms with E-state index in [-0.39, 0.29) is 17.3 Å². The van der Waals surface area contributed by atoms with E-state index in [1.807, 2.05) is 0 Å². The lowest BCUT2D eigenvalue weighted by atomic mass is 9.97. The molecule has 1 aliphatic rings. The molecule has 0 radical (unpaired) electrons. The van der Waals surface area contributed by atoms with Crippen LogP contribution in [0.15, 0.2) is 12.1 Å². The van der Waals surface area contributed by atoms with Gasteiger partial charge in [-0.15, -0.1) is 0 Å². The van der Waals surface area contributed by atoms with Gasteiger partial charge in [0, 0.05) is 25.7 Å². The van der Waals surface area contributed by atoms with Crippen LogP contribution in [-0.4, -0.2) is 60.0 Å². The number of piperidine rings is 1. The minimum absolute atomic E-state index is 0.0949. The molecule has 148 valence electrons. The summed E-state index contributed by atoms with van der Waals surface area (Å²) in [6.45, 7) is 10.1. The van der Waals surface area contributed by atoms with Crippen molar-refractivity contribution in [2.24, 2.45) is 5.92 Å². The summed E-state index contributed by atoms with van der Waals surface area (Å²) in [5, 5.41) is 3.12. The fourth-order valence-corrected chi connectivity index (χ4v) is 4.42. The van der Waals surface area contributed by atoms with E-state index >= 15 is 0 Å². The molecule has 3 rings (SSSR count). The molecule has 2 heterocycles. The van der Waals surface area contributed by atoms with Crippen molar-refractivity contribution < 1.29 is 13.6 Å². The maximum Gasteiger partial charge on any atom is 0.230 e. The third kappa shape index (κ3) is 5.00. The van der Waals surface area contributed by atoms with Crippen LogP contribution in [0.25, 0.3) is 10.2 Å². The van der Waals surface area contributed by atoms with Gasteiger partial charge in [-0.2, -0.15) is 0 Å². The molecule has 1 fully saturated rings. The van der Waals surface area contributed by atoms with Gasteiger partial charge in [0.1, 0.15) is 11.3 Å². The lowest BCUT2D eigenvalue weighted by Crippen LogP contribution is -2.43. The molecule has 1 aromatic heterocycles. The maximum atomic E-state index is 13.8. The van der Waals surface area contributed by atoms with Crippen LogP contribution in [0.1, 0.15) is 26.7 Å². The van der Waals surface area contributed by atoms with Crippen molar-refractivity contribution in [3.63, 3.8) is 0 Å². The Morgan fingerprint density at radius 1 is 1.37 bits per heavy atom. The number of nitrogens with zero attached hydrogens (tertiary/aromatic N) is 3. The van der Waals surface area contributed by atoms with Crippen LogP contribution in [0.2, 0.25) is 0 Å². The highest BCUT2D eigenvalue weighted by Gasteiger charge is 2.26. The highest BCUT2D eigenvalue weighted by atomic mass is 32.1. The molecule has 1 amide bonds. The first-order valence-electron chi connectivity index (χ1n) is 9.51. The Balaban J connectivity index is 1.59. The molecular formula is C19H26F2N4OS. The third-order valence-corrected chi connectivity index (χ3v) is 6.06. The molecule has 0 bridgehead atoms. The summed E-state index contributed by atoms with van der Waals surface area (Å²) in [5.41, 5.74) is 0.0983. The predicted molar refractivity (Wildman–Crippen MR) is 105 cm³/mol. The number of hydrogen-bond acceptors (Lipinski definition) is 5. The molecule has 5 nitrogen and oxygen atoms in total. The zero-order chi connectivity index (χ0) is 19.4. The largest absolute Gasteiger partial charge is 0.303 e. The number of likely N-dealkylation sites (tertiary alicyclic amines) is 1. The number of anilines is 1. The van der Waals surface area contributed by atoms with Gasteiger partial charge in [-0.25, -0.2) is 13.8 Å². The van der Waals surface area contributed by atoms with Crippen LogP contribution in [0.4, 0.5) is 13.9 Å². The van der Waals surface area contributed by atoms with Crippen LogP contribution in [-0.2, 0) is 4.79 Å². The van der Waals surface area contributed by atoms with Crippen LogP contribution >= 0.6 is 11.3 Å². The van der Waals surface area contributed by atoms with E-state index in [2.05, 4.69) is 33.9 Å². The maximum absolute atomic E-state index is 13.8. The van der Waals surface area contributed by atoms with Gasteiger partial charge >= 0.3 is 0 Å². The normalized spacial score (nSPS) is 18.3. The molecule has 0 spiro atoms. The summed E-state index contributed by atoms with van der Waals surface area (Å²) in [6, 6.07) is 2.05. The molecule has 1 unspecified atom stereocenters. The molecule has 0 aliphatic carbocycles. The average molecular weight is 397 g/mol. The summed E-state index contributed by atoms with van der Waals surface area (Å²) < 4.78 is 27.5. The van der Waals surface area contributed by atoms with Crippen LogP contribution < -0.4 is 5.32 Å². The van der Waals surface area contributed by atoms with Crippen molar-refractivity contribution in [3.8, 4) is 0 Å². The fraction of sp³-hybridized carbons (Fsp3) is 0.579. The predicted octanol–water partition coefficient (Wildman–Crippen LogP) is 3.57. The molecule has 0 saturated carbocycles. The quantitative estimate of drug-likeness (QED) is 0.777. The van der Waals surface area contributed by atoms with Crippen molar-refractivity contribution in [2.75, 3.05) is 44.6 Å². The van der Waals surface area contributed by atoms with E-state index in [0.717, 1.165) is 69.5 Å². The number of benzene rings is 1. The second-order valence-corrected chi connectivity index (χ2v) is 7.94. The first kappa shape index (κ1) is 20.1. The topological polar surface area (TPSA) is 48.5 Å². The van der Waals surface area contributed by atoms with Gasteiger partial charge in [0.2, 0.25) is 5.91 Å². The Morgan fingerprint density at radius 3 is 2.89 bits per heavy atom. The molecule has 1 N–H and O–H groups in total. The minimum Gasteiger partial charge on any atom is -0.303 e. The Labute approximate surface area is 162 Å². The Bertz CT molecular complexity index is 793. The third-order valence-electron chi connectivity index (χ3n) is 5.15. The van der Waals surface area contributed by atoms with Crippen molar-refractivity contribution >= 4 is 32.6 Å². The van der Waals surface area contributed by atoms with E-state index in [9.17, 15) is 13.6 Å². The highest BCUT2D eigenvalue weighted by Crippen LogP contribution is 2.29. The SMILES string of the molecule is CCN(CC)CCN1CCCC(C(=O)Nc2nc3c(F)cc(F)cc3s2)C1. The number of carbonyl (C=O) groups excluding carboxylic acids is 1. The number of thiazole rings is 1. The number of carbonyl (C=O) groups is 1. The zero-order valence-corrected chi connectivity index (χ0v) is 16.6. The second kappa shape index (κ2) is 9.03. The fourth-order valence-electron chi connectivity index (χ4n) is 3.51. The Morgan fingerprint density at radius 2 is 2.15 bits per heavy atom. The number of nitrogens with one attached hydrogen (secondary N) is 1. The van der Waals surface area contributed by atoms with Crippen LogP contribution in [0, 0.1) is 17.6 Å². The van der Waals surface area contributed by atoms with Gasteiger partial charge in [-0.3, -0.25) is 4.79 Å². The summed E-state index contributed by atoms with van der Waals surface area (Å²) in [5.74, 6) is -1.55. The number of halogens is 2. The van der Waals surface area contributed by atoms with Gasteiger partial charge in [0.15, 0.2) is 10.9 Å². The number of hydrogen-bond donors (Lipinski definition) is 1. The first-order chi connectivity index (χ1) is 13.0. The highest BCUT2D eigenvalue weighted by molar-refractivity contribution is 7.22. The molecule has 1 aliphatic heterocycles. The molecule has 1 saturated heterocycles. The lowest BCUT2D eigenvalue weighted by Gasteiger charge is -2.33. The molecule has 1 aromatic carbocycles. The number of likely N-dealkylation sites (N-methyl/N-ethyl adjacent to an activating group) is 1. The summed E-state index contributed by atoms with van der Waals surface area (Å²) in [6.07, 6.45) is 1.82. The van der Waals surface area contributed by atoms with E-state index in [1.54, 1.807) is 0 Å². The van der Waals surface area contributed by atoms with E-state index < -0.39 is 11.6 Å². The molecule has 8 heteroatoms. The van der Waals surface area contributed by atoms with Crippen molar-refractivity contribution in [1.82, 2.24) is 14.8 Å². The summed E-state index contributed by atoms with van der Waals surface area (Å²) in [4.78, 5) is 21.5. The molecule has 27 heavy (non-hydrogen) atoms. The standard InChI is InChI=1S/C19H26F2N4OS/c1-3-24(4-2)8-9-25-7-5-6-13(12-25)18(26)23-19-22-17-15(21)10-14(20)11-16(17)27-19/h10-11,13H,3-9,12H2,1-2H3,(H,22,23,26). The summed E-state index contributed by atoms with van der Waals surface area (Å²) in [7, 11) is 0. The number of rotatable bonds is 7. The number of aromatic nitrogens is 1. The molecule has 2 aromatic rings. The van der Waals surface area contributed by atoms with Gasteiger partial charge in [-0.05, 0) is 38.5 Å². The monoisotopic (exact) mass is 396 g/mol. The minimum atomic E-state index is -0.706. The van der Waals surface area contributed by atoms with Crippen LogP contribution in [0.5, 0.6) is 0 Å². The second-order valence-electron chi connectivity index (χ2n) is 6.91. The van der Waals surface area contributed by atoms with Gasteiger partial charge in [-0.1, -0.05) is 25.2 Å². The zero-order valence-electron chi connectivity index (χ0n) is 15.8. The van der Waals surface area contributed by atoms with Crippen molar-refractivity contribution in [2.45, 2.75) is 26.7 Å². The van der Waals surface area contributed by atoms with Gasteiger partial charge in [0.25, 0.3) is 0 Å². The lowest BCUT2D eigenvalue weighted by molar-refractivity contribution is -0.121. The number of amides is 1. The smallest absolute Gasteiger partial charge is 0.230 e. The molecular weight excluding hydrogens is 370 g/mol. The van der Waals surface area contributed by atoms with E-state index in [4.69, 9.17) is 0 Å².